The Kier molecular flexibility index (Phi) is 5.24. The summed E-state index contributed by atoms with van der Waals surface area (Å²) >= 11 is 0. The second-order valence-electron chi connectivity index (χ2n) is 5.74. The molecule has 1 radical (unpaired) electrons. The number of rotatable bonds is 3. The van der Waals surface area contributed by atoms with Gasteiger partial charge in [0.2, 0.25) is 6.29 Å². The van der Waals surface area contributed by atoms with Gasteiger partial charge in [-0.05, 0) is 60.0 Å². The first-order valence-corrected chi connectivity index (χ1v) is 8.08. The molecule has 3 rings (SSSR count). The number of benzene rings is 3. The van der Waals surface area contributed by atoms with Gasteiger partial charge in [-0.15, -0.1) is 0 Å². The minimum absolute atomic E-state index is 0.535. The van der Waals surface area contributed by atoms with E-state index in [0.717, 1.165) is 11.1 Å². The topological polar surface area (TPSA) is 17.1 Å². The van der Waals surface area contributed by atoms with Crippen LogP contribution in [-0.4, -0.2) is 6.29 Å². The van der Waals surface area contributed by atoms with Crippen molar-refractivity contribution in [3.8, 4) is 23.0 Å². The highest BCUT2D eigenvalue weighted by atomic mass is 16.1. The fraction of sp³-hybridized carbons (Fsp3) is 0.0417. The SMILES string of the molecule is Cc1ccc(-c2ccccc2/C=C/C#Cc2ccc([C]=O)cc2)cc1. The predicted octanol–water partition coefficient (Wildman–Crippen LogP) is 5.18. The van der Waals surface area contributed by atoms with E-state index in [1.165, 1.54) is 16.7 Å². The first kappa shape index (κ1) is 16.5. The summed E-state index contributed by atoms with van der Waals surface area (Å²) in [4.78, 5) is 10.5. The highest BCUT2D eigenvalue weighted by Crippen LogP contribution is 2.24. The Bertz CT molecular complexity index is 949. The predicted molar refractivity (Wildman–Crippen MR) is 104 cm³/mol. The van der Waals surface area contributed by atoms with Gasteiger partial charge in [0.15, 0.2) is 0 Å². The van der Waals surface area contributed by atoms with Crippen LogP contribution in [0.5, 0.6) is 0 Å². The maximum Gasteiger partial charge on any atom is 0.233 e. The highest BCUT2D eigenvalue weighted by molar-refractivity contribution is 5.76. The molecule has 0 saturated carbocycles. The van der Waals surface area contributed by atoms with E-state index >= 15 is 0 Å². The standard InChI is InChI=1S/C24H17O/c1-19-10-16-23(17-11-19)24-9-5-4-8-22(24)7-3-2-6-20-12-14-21(18-25)15-13-20/h3-5,7-17H,1H3/b7-3+. The Morgan fingerprint density at radius 1 is 0.800 bits per heavy atom. The third-order valence-electron chi connectivity index (χ3n) is 3.89. The molecule has 0 saturated heterocycles. The van der Waals surface area contributed by atoms with Gasteiger partial charge in [-0.3, -0.25) is 4.79 Å². The lowest BCUT2D eigenvalue weighted by molar-refractivity contribution is 0.563. The summed E-state index contributed by atoms with van der Waals surface area (Å²) in [5.41, 5.74) is 6.17. The molecule has 0 unspecified atom stereocenters. The van der Waals surface area contributed by atoms with Crippen LogP contribution in [0.3, 0.4) is 0 Å². The van der Waals surface area contributed by atoms with Crippen molar-refractivity contribution in [3.05, 3.63) is 101 Å². The molecule has 25 heavy (non-hydrogen) atoms. The largest absolute Gasteiger partial charge is 0.285 e. The Labute approximate surface area is 148 Å². The van der Waals surface area contributed by atoms with E-state index < -0.39 is 0 Å². The number of carbonyl (C=O) groups excluding carboxylic acids is 1. The molecule has 1 heteroatoms. The zero-order chi connectivity index (χ0) is 17.5. The lowest BCUT2D eigenvalue weighted by atomic mass is 9.98. The Hall–Kier alpha value is -3.37. The number of allylic oxidation sites excluding steroid dienone is 1. The van der Waals surface area contributed by atoms with Crippen molar-refractivity contribution in [1.82, 2.24) is 0 Å². The van der Waals surface area contributed by atoms with E-state index in [1.807, 2.05) is 42.7 Å². The molecule has 119 valence electrons. The molecule has 0 N–H and O–H groups in total. The number of hydrogen-bond acceptors (Lipinski definition) is 1. The second-order valence-corrected chi connectivity index (χ2v) is 5.74. The quantitative estimate of drug-likeness (QED) is 0.607. The minimum atomic E-state index is 0.535. The average Bonchev–Trinajstić information content (AvgIpc) is 2.67. The van der Waals surface area contributed by atoms with E-state index in [-0.39, 0.29) is 0 Å². The van der Waals surface area contributed by atoms with Crippen LogP contribution in [0.2, 0.25) is 0 Å². The van der Waals surface area contributed by atoms with Crippen LogP contribution in [0.15, 0.2) is 78.9 Å². The Balaban J connectivity index is 1.81. The molecular formula is C24H17O. The van der Waals surface area contributed by atoms with Gasteiger partial charge in [0.05, 0.1) is 0 Å². The van der Waals surface area contributed by atoms with Crippen LogP contribution in [-0.2, 0) is 4.79 Å². The molecule has 3 aromatic rings. The van der Waals surface area contributed by atoms with E-state index in [1.54, 1.807) is 12.1 Å². The molecule has 0 spiro atoms. The zero-order valence-electron chi connectivity index (χ0n) is 14.0. The molecule has 0 aliphatic rings. The second kappa shape index (κ2) is 7.95. The summed E-state index contributed by atoms with van der Waals surface area (Å²) in [6.45, 7) is 2.09. The molecule has 0 heterocycles. The maximum atomic E-state index is 10.5. The van der Waals surface area contributed by atoms with Crippen molar-refractivity contribution in [1.29, 1.82) is 0 Å². The van der Waals surface area contributed by atoms with E-state index in [4.69, 9.17) is 0 Å². The lowest BCUT2D eigenvalue weighted by Gasteiger charge is -2.06. The molecule has 0 fully saturated rings. The third kappa shape index (κ3) is 4.34. The van der Waals surface area contributed by atoms with Crippen LogP contribution in [0.4, 0.5) is 0 Å². The molecule has 3 aromatic carbocycles. The smallest absolute Gasteiger partial charge is 0.233 e. The Morgan fingerprint density at radius 3 is 2.20 bits per heavy atom. The van der Waals surface area contributed by atoms with Gasteiger partial charge in [-0.25, -0.2) is 0 Å². The summed E-state index contributed by atoms with van der Waals surface area (Å²) in [7, 11) is 0. The van der Waals surface area contributed by atoms with Crippen molar-refractivity contribution in [2.75, 3.05) is 0 Å². The summed E-state index contributed by atoms with van der Waals surface area (Å²) in [6.07, 6.45) is 5.73. The fourth-order valence-corrected chi connectivity index (χ4v) is 2.52. The van der Waals surface area contributed by atoms with Crippen LogP contribution >= 0.6 is 0 Å². The molecule has 1 nitrogen and oxygen atoms in total. The van der Waals surface area contributed by atoms with Crippen LogP contribution < -0.4 is 0 Å². The normalized spacial score (nSPS) is 10.3. The average molecular weight is 321 g/mol. The van der Waals surface area contributed by atoms with Gasteiger partial charge >= 0.3 is 0 Å². The molecule has 0 aromatic heterocycles. The van der Waals surface area contributed by atoms with Crippen molar-refractivity contribution in [2.24, 2.45) is 0 Å². The number of hydrogen-bond donors (Lipinski definition) is 0. The van der Waals surface area contributed by atoms with E-state index in [0.29, 0.717) is 5.56 Å². The van der Waals surface area contributed by atoms with E-state index in [9.17, 15) is 4.79 Å². The lowest BCUT2D eigenvalue weighted by Crippen LogP contribution is -1.83. The Morgan fingerprint density at radius 2 is 1.48 bits per heavy atom. The summed E-state index contributed by atoms with van der Waals surface area (Å²) in [5.74, 6) is 6.11. The minimum Gasteiger partial charge on any atom is -0.285 e. The van der Waals surface area contributed by atoms with Crippen molar-refractivity contribution in [3.63, 3.8) is 0 Å². The summed E-state index contributed by atoms with van der Waals surface area (Å²) < 4.78 is 0. The molecule has 0 bridgehead atoms. The van der Waals surface area contributed by atoms with Gasteiger partial charge in [0, 0.05) is 11.1 Å². The van der Waals surface area contributed by atoms with Gasteiger partial charge in [-0.2, -0.15) is 0 Å². The fourth-order valence-electron chi connectivity index (χ4n) is 2.52. The van der Waals surface area contributed by atoms with Gasteiger partial charge in [-0.1, -0.05) is 65.9 Å². The first-order chi connectivity index (χ1) is 12.3. The van der Waals surface area contributed by atoms with E-state index in [2.05, 4.69) is 55.2 Å². The molecule has 0 atom stereocenters. The van der Waals surface area contributed by atoms with Crippen LogP contribution in [0, 0.1) is 18.8 Å². The number of aryl methyl sites for hydroxylation is 1. The van der Waals surface area contributed by atoms with Gasteiger partial charge in [0.25, 0.3) is 0 Å². The molecule has 0 aliphatic carbocycles. The van der Waals surface area contributed by atoms with Gasteiger partial charge < -0.3 is 0 Å². The first-order valence-electron chi connectivity index (χ1n) is 8.08. The molecule has 0 amide bonds. The molecule has 0 aliphatic heterocycles. The van der Waals surface area contributed by atoms with Crippen molar-refractivity contribution >= 4 is 12.4 Å². The zero-order valence-corrected chi connectivity index (χ0v) is 14.0. The summed E-state index contributed by atoms with van der Waals surface area (Å²) in [5, 5.41) is 0. The maximum absolute atomic E-state index is 10.5. The van der Waals surface area contributed by atoms with Crippen molar-refractivity contribution in [2.45, 2.75) is 6.92 Å². The van der Waals surface area contributed by atoms with Crippen molar-refractivity contribution < 1.29 is 4.79 Å². The molecular weight excluding hydrogens is 304 g/mol. The monoisotopic (exact) mass is 321 g/mol. The summed E-state index contributed by atoms with van der Waals surface area (Å²) in [6, 6.07) is 23.9. The highest BCUT2D eigenvalue weighted by Gasteiger charge is 2.01. The van der Waals surface area contributed by atoms with Gasteiger partial charge in [0.1, 0.15) is 0 Å². The van der Waals surface area contributed by atoms with Crippen LogP contribution in [0.25, 0.3) is 17.2 Å². The third-order valence-corrected chi connectivity index (χ3v) is 3.89. The van der Waals surface area contributed by atoms with Crippen LogP contribution in [0.1, 0.15) is 22.3 Å².